The van der Waals surface area contributed by atoms with E-state index in [0.717, 1.165) is 13.1 Å². The van der Waals surface area contributed by atoms with E-state index in [-0.39, 0.29) is 0 Å². The maximum absolute atomic E-state index is 3.80. The molecule has 1 aromatic rings. The predicted molar refractivity (Wildman–Crippen MR) is 71.2 cm³/mol. The van der Waals surface area contributed by atoms with Crippen LogP contribution in [0.4, 0.5) is 0 Å². The van der Waals surface area contributed by atoms with Crippen LogP contribution < -0.4 is 5.32 Å². The summed E-state index contributed by atoms with van der Waals surface area (Å²) in [5.41, 5.74) is 2.51. The molecule has 0 radical (unpaired) electrons. The van der Waals surface area contributed by atoms with Gasteiger partial charge < -0.3 is 5.32 Å². The van der Waals surface area contributed by atoms with Gasteiger partial charge in [-0.3, -0.25) is 0 Å². The summed E-state index contributed by atoms with van der Waals surface area (Å²) in [5, 5.41) is 3.39. The van der Waals surface area contributed by atoms with Gasteiger partial charge in [-0.25, -0.2) is 0 Å². The maximum atomic E-state index is 3.80. The van der Waals surface area contributed by atoms with Gasteiger partial charge in [0.05, 0.1) is 0 Å². The Balaban J connectivity index is 2.37. The predicted octanol–water partition coefficient (Wildman–Crippen LogP) is 3.46. The summed E-state index contributed by atoms with van der Waals surface area (Å²) in [6, 6.07) is 10.4. The molecule has 0 aliphatic carbocycles. The smallest absolute Gasteiger partial charge is 0.0208 e. The van der Waals surface area contributed by atoms with Gasteiger partial charge in [0.15, 0.2) is 0 Å². The van der Waals surface area contributed by atoms with Gasteiger partial charge in [-0.15, -0.1) is 0 Å². The first-order valence-electron chi connectivity index (χ1n) is 5.55. The average Bonchev–Trinajstić information content (AvgIpc) is 2.35. The molecule has 1 aromatic carbocycles. The van der Waals surface area contributed by atoms with E-state index >= 15 is 0 Å². The van der Waals surface area contributed by atoms with Gasteiger partial charge in [0.1, 0.15) is 0 Å². The molecule has 1 heteroatoms. The second kappa shape index (κ2) is 7.66. The first kappa shape index (κ1) is 12.5. The van der Waals surface area contributed by atoms with E-state index in [4.69, 9.17) is 0 Å². The van der Waals surface area contributed by atoms with Crippen LogP contribution in [0.5, 0.6) is 0 Å². The Kier molecular flexibility index (Phi) is 5.97. The van der Waals surface area contributed by atoms with Crippen molar-refractivity contribution in [3.63, 3.8) is 0 Å². The van der Waals surface area contributed by atoms with Crippen LogP contribution in [0.2, 0.25) is 0 Å². The summed E-state index contributed by atoms with van der Waals surface area (Å²) in [6.45, 7) is 7.55. The van der Waals surface area contributed by atoms with E-state index in [0.29, 0.717) is 0 Å². The highest BCUT2D eigenvalue weighted by Gasteiger charge is 1.92. The Bertz CT molecular complexity index is 360. The van der Waals surface area contributed by atoms with Crippen molar-refractivity contribution in [1.82, 2.24) is 5.32 Å². The number of allylic oxidation sites excluding steroid dienone is 3. The third kappa shape index (κ3) is 4.76. The van der Waals surface area contributed by atoms with Crippen LogP contribution in [0.1, 0.15) is 12.5 Å². The standard InChI is InChI=1S/C15H19N/c1-3-5-9-14(4-2)12-16-13-15-10-7-6-8-11-15/h3-11,16H,2,12-13H2,1H3/b5-3-,14-9+. The lowest BCUT2D eigenvalue weighted by Crippen LogP contribution is -2.15. The fraction of sp³-hybridized carbons (Fsp3) is 0.200. The third-order valence-electron chi connectivity index (χ3n) is 2.27. The van der Waals surface area contributed by atoms with Crippen molar-refractivity contribution in [2.45, 2.75) is 13.5 Å². The molecule has 0 amide bonds. The second-order valence-electron chi connectivity index (χ2n) is 3.56. The molecule has 1 rings (SSSR count). The molecule has 0 saturated carbocycles. The number of nitrogens with one attached hydrogen (secondary N) is 1. The van der Waals surface area contributed by atoms with Crippen LogP contribution in [0.15, 0.2) is 66.8 Å². The highest BCUT2D eigenvalue weighted by atomic mass is 14.8. The Morgan fingerprint density at radius 1 is 1.31 bits per heavy atom. The van der Waals surface area contributed by atoms with Gasteiger partial charge >= 0.3 is 0 Å². The monoisotopic (exact) mass is 213 g/mol. The molecule has 84 valence electrons. The van der Waals surface area contributed by atoms with Gasteiger partial charge in [-0.05, 0) is 18.1 Å². The molecule has 0 aliphatic heterocycles. The zero-order chi connectivity index (χ0) is 11.6. The average molecular weight is 213 g/mol. The molecule has 1 N–H and O–H groups in total. The van der Waals surface area contributed by atoms with Gasteiger partial charge in [0.2, 0.25) is 0 Å². The normalized spacial score (nSPS) is 11.9. The number of benzene rings is 1. The highest BCUT2D eigenvalue weighted by molar-refractivity contribution is 5.23. The molecule has 0 spiro atoms. The zero-order valence-corrected chi connectivity index (χ0v) is 9.82. The lowest BCUT2D eigenvalue weighted by molar-refractivity contribution is 0.747. The Morgan fingerprint density at radius 2 is 2.06 bits per heavy atom. The third-order valence-corrected chi connectivity index (χ3v) is 2.27. The van der Waals surface area contributed by atoms with Crippen molar-refractivity contribution in [2.24, 2.45) is 0 Å². The minimum atomic E-state index is 0.850. The Labute approximate surface area is 98.2 Å². The summed E-state index contributed by atoms with van der Waals surface area (Å²) < 4.78 is 0. The van der Waals surface area contributed by atoms with E-state index in [1.165, 1.54) is 11.1 Å². The van der Waals surface area contributed by atoms with E-state index in [1.54, 1.807) is 0 Å². The largest absolute Gasteiger partial charge is 0.309 e. The molecular weight excluding hydrogens is 194 g/mol. The molecule has 0 unspecified atom stereocenters. The van der Waals surface area contributed by atoms with Crippen molar-refractivity contribution >= 4 is 0 Å². The molecule has 0 saturated heterocycles. The summed E-state index contributed by atoms with van der Waals surface area (Å²) in [6.07, 6.45) is 8.00. The second-order valence-corrected chi connectivity index (χ2v) is 3.56. The van der Waals surface area contributed by atoms with Crippen molar-refractivity contribution in [2.75, 3.05) is 6.54 Å². The number of hydrogen-bond acceptors (Lipinski definition) is 1. The van der Waals surface area contributed by atoms with Gasteiger partial charge in [-0.1, -0.05) is 61.2 Å². The van der Waals surface area contributed by atoms with Crippen LogP contribution in [-0.4, -0.2) is 6.54 Å². The van der Waals surface area contributed by atoms with Crippen LogP contribution in [0.25, 0.3) is 0 Å². The summed E-state index contributed by atoms with van der Waals surface area (Å²) in [7, 11) is 0. The number of hydrogen-bond donors (Lipinski definition) is 1. The zero-order valence-electron chi connectivity index (χ0n) is 9.82. The van der Waals surface area contributed by atoms with E-state index in [1.807, 2.05) is 31.2 Å². The van der Waals surface area contributed by atoms with Crippen LogP contribution >= 0.6 is 0 Å². The highest BCUT2D eigenvalue weighted by Crippen LogP contribution is 1.99. The summed E-state index contributed by atoms with van der Waals surface area (Å²) >= 11 is 0. The van der Waals surface area contributed by atoms with E-state index in [9.17, 15) is 0 Å². The first-order valence-corrected chi connectivity index (χ1v) is 5.55. The SMILES string of the molecule is C=C/C(=C\C=C/C)CNCc1ccccc1. The van der Waals surface area contributed by atoms with E-state index < -0.39 is 0 Å². The van der Waals surface area contributed by atoms with Crippen LogP contribution in [0, 0.1) is 0 Å². The van der Waals surface area contributed by atoms with Gasteiger partial charge in [-0.2, -0.15) is 0 Å². The quantitative estimate of drug-likeness (QED) is 0.713. The summed E-state index contributed by atoms with van der Waals surface area (Å²) in [4.78, 5) is 0. The fourth-order valence-corrected chi connectivity index (χ4v) is 1.37. The Hall–Kier alpha value is -1.60. The van der Waals surface area contributed by atoms with Crippen LogP contribution in [0.3, 0.4) is 0 Å². The molecule has 0 aromatic heterocycles. The van der Waals surface area contributed by atoms with Gasteiger partial charge in [0.25, 0.3) is 0 Å². The lowest BCUT2D eigenvalue weighted by Gasteiger charge is -2.05. The number of rotatable bonds is 6. The van der Waals surface area contributed by atoms with Crippen molar-refractivity contribution in [3.8, 4) is 0 Å². The van der Waals surface area contributed by atoms with Crippen LogP contribution in [-0.2, 0) is 6.54 Å². The van der Waals surface area contributed by atoms with Gasteiger partial charge in [0, 0.05) is 13.1 Å². The maximum Gasteiger partial charge on any atom is 0.0208 e. The molecular formula is C15H19N. The summed E-state index contributed by atoms with van der Waals surface area (Å²) in [5.74, 6) is 0. The molecule has 0 bridgehead atoms. The fourth-order valence-electron chi connectivity index (χ4n) is 1.37. The first-order chi connectivity index (χ1) is 7.86. The minimum absolute atomic E-state index is 0.850. The van der Waals surface area contributed by atoms with Crippen molar-refractivity contribution < 1.29 is 0 Å². The topological polar surface area (TPSA) is 12.0 Å². The Morgan fingerprint density at radius 3 is 2.69 bits per heavy atom. The van der Waals surface area contributed by atoms with Crippen molar-refractivity contribution in [3.05, 3.63) is 72.4 Å². The molecule has 1 nitrogen and oxygen atoms in total. The molecule has 0 fully saturated rings. The lowest BCUT2D eigenvalue weighted by atomic mass is 10.2. The molecule has 0 heterocycles. The minimum Gasteiger partial charge on any atom is -0.309 e. The van der Waals surface area contributed by atoms with E-state index in [2.05, 4.69) is 42.2 Å². The molecule has 0 atom stereocenters. The van der Waals surface area contributed by atoms with Crippen molar-refractivity contribution in [1.29, 1.82) is 0 Å². The molecule has 16 heavy (non-hydrogen) atoms. The molecule has 0 aliphatic rings.